The summed E-state index contributed by atoms with van der Waals surface area (Å²) in [7, 11) is 0. The second kappa shape index (κ2) is 6.65. The average Bonchev–Trinajstić information content (AvgIpc) is 2.36. The maximum absolute atomic E-state index is 12.5. The average molecular weight is 297 g/mol. The molecule has 1 rings (SSSR count). The molecule has 0 saturated heterocycles. The molecule has 0 aliphatic carbocycles. The van der Waals surface area contributed by atoms with Gasteiger partial charge in [-0.15, -0.1) is 0 Å². The van der Waals surface area contributed by atoms with Gasteiger partial charge < -0.3 is 10.0 Å². The van der Waals surface area contributed by atoms with Crippen LogP contribution in [0.25, 0.3) is 0 Å². The van der Waals surface area contributed by atoms with E-state index < -0.39 is 37.2 Å². The van der Waals surface area contributed by atoms with Crippen LogP contribution in [0.15, 0.2) is 24.3 Å². The molecule has 0 radical (unpaired) electrons. The first-order valence-corrected chi connectivity index (χ1v) is 5.61. The Kier molecular flexibility index (Phi) is 5.43. The molecule has 0 saturated carbocycles. The molecular weight excluding hydrogens is 285 g/mol. The third kappa shape index (κ3) is 4.44. The van der Waals surface area contributed by atoms with Crippen LogP contribution >= 0.6 is 0 Å². The van der Waals surface area contributed by atoms with Crippen LogP contribution in [0.5, 0.6) is 0 Å². The Morgan fingerprint density at radius 3 is 2.45 bits per heavy atom. The smallest absolute Gasteiger partial charge is 0.395 e. The molecule has 0 fully saturated rings. The fraction of sp³-hybridized carbons (Fsp3) is 0.417. The van der Waals surface area contributed by atoms with Gasteiger partial charge in [0.2, 0.25) is 0 Å². The number of rotatable bonds is 5. The van der Waals surface area contributed by atoms with Gasteiger partial charge in [-0.25, -0.2) is 8.78 Å². The molecule has 1 aromatic rings. The van der Waals surface area contributed by atoms with Gasteiger partial charge in [-0.3, -0.25) is 4.79 Å². The molecule has 0 unspecified atom stereocenters. The highest BCUT2D eigenvalue weighted by Crippen LogP contribution is 2.29. The van der Waals surface area contributed by atoms with Crippen LogP contribution in [-0.4, -0.2) is 42.0 Å². The zero-order valence-corrected chi connectivity index (χ0v) is 10.2. The number of carbonyl (C=O) groups excluding carboxylic acids is 1. The predicted octanol–water partition coefficient (Wildman–Crippen LogP) is 2.41. The normalized spacial score (nSPS) is 11.8. The lowest BCUT2D eigenvalue weighted by Gasteiger charge is -2.21. The third-order valence-corrected chi connectivity index (χ3v) is 2.45. The summed E-state index contributed by atoms with van der Waals surface area (Å²) < 4.78 is 62.1. The van der Waals surface area contributed by atoms with E-state index in [4.69, 9.17) is 5.11 Å². The highest BCUT2D eigenvalue weighted by atomic mass is 19.4. The van der Waals surface area contributed by atoms with Crippen molar-refractivity contribution in [2.75, 3.05) is 19.7 Å². The van der Waals surface area contributed by atoms with Crippen molar-refractivity contribution in [3.8, 4) is 0 Å². The lowest BCUT2D eigenvalue weighted by Crippen LogP contribution is -2.37. The highest BCUT2D eigenvalue weighted by molar-refractivity contribution is 5.94. The topological polar surface area (TPSA) is 40.5 Å². The molecule has 112 valence electrons. The number of aliphatic hydroxyl groups excluding tert-OH is 1. The van der Waals surface area contributed by atoms with Crippen molar-refractivity contribution in [2.24, 2.45) is 0 Å². The lowest BCUT2D eigenvalue weighted by atomic mass is 10.1. The predicted molar refractivity (Wildman–Crippen MR) is 60.4 cm³/mol. The van der Waals surface area contributed by atoms with Crippen LogP contribution in [0.1, 0.15) is 15.9 Å². The number of amides is 1. The second-order valence-electron chi connectivity index (χ2n) is 3.94. The largest absolute Gasteiger partial charge is 0.416 e. The van der Waals surface area contributed by atoms with Crippen LogP contribution in [0.3, 0.4) is 0 Å². The Morgan fingerprint density at radius 2 is 1.95 bits per heavy atom. The molecule has 20 heavy (non-hydrogen) atoms. The Bertz CT molecular complexity index is 461. The molecule has 0 aromatic heterocycles. The maximum atomic E-state index is 12.5. The maximum Gasteiger partial charge on any atom is 0.416 e. The number of halogens is 5. The minimum atomic E-state index is -4.62. The second-order valence-corrected chi connectivity index (χ2v) is 3.94. The fourth-order valence-electron chi connectivity index (χ4n) is 1.57. The first-order chi connectivity index (χ1) is 9.25. The molecule has 8 heteroatoms. The SMILES string of the molecule is O=C(c1cccc(C(F)(F)F)c1)N(CCO)CC(F)F. The first-order valence-electron chi connectivity index (χ1n) is 5.61. The summed E-state index contributed by atoms with van der Waals surface area (Å²) in [5.74, 6) is -0.981. The molecule has 1 aromatic carbocycles. The Labute approximate surface area is 111 Å². The monoisotopic (exact) mass is 297 g/mol. The van der Waals surface area contributed by atoms with Gasteiger partial charge in [0.15, 0.2) is 0 Å². The van der Waals surface area contributed by atoms with E-state index in [0.717, 1.165) is 18.2 Å². The number of hydrogen-bond acceptors (Lipinski definition) is 2. The molecule has 0 atom stereocenters. The number of nitrogens with zero attached hydrogens (tertiary/aromatic N) is 1. The van der Waals surface area contributed by atoms with Crippen LogP contribution in [0.4, 0.5) is 22.0 Å². The van der Waals surface area contributed by atoms with Crippen molar-refractivity contribution < 1.29 is 31.9 Å². The molecule has 0 aliphatic rings. The third-order valence-electron chi connectivity index (χ3n) is 2.45. The summed E-state index contributed by atoms with van der Waals surface area (Å²) >= 11 is 0. The Morgan fingerprint density at radius 1 is 1.30 bits per heavy atom. The molecular formula is C12H12F5NO2. The van der Waals surface area contributed by atoms with Gasteiger partial charge in [0.25, 0.3) is 12.3 Å². The summed E-state index contributed by atoms with van der Waals surface area (Å²) in [6.45, 7) is -1.88. The molecule has 0 aliphatic heterocycles. The summed E-state index contributed by atoms with van der Waals surface area (Å²) in [5, 5.41) is 8.71. The summed E-state index contributed by atoms with van der Waals surface area (Å²) in [4.78, 5) is 12.5. The van der Waals surface area contributed by atoms with E-state index in [1.54, 1.807) is 0 Å². The van der Waals surface area contributed by atoms with Crippen molar-refractivity contribution in [1.29, 1.82) is 0 Å². The fourth-order valence-corrected chi connectivity index (χ4v) is 1.57. The van der Waals surface area contributed by atoms with Crippen LogP contribution in [0.2, 0.25) is 0 Å². The zero-order valence-electron chi connectivity index (χ0n) is 10.2. The van der Waals surface area contributed by atoms with Gasteiger partial charge in [-0.05, 0) is 18.2 Å². The van der Waals surface area contributed by atoms with Crippen molar-refractivity contribution in [1.82, 2.24) is 4.90 Å². The number of benzene rings is 1. The van der Waals surface area contributed by atoms with Crippen molar-refractivity contribution in [3.63, 3.8) is 0 Å². The van der Waals surface area contributed by atoms with E-state index in [2.05, 4.69) is 0 Å². The zero-order chi connectivity index (χ0) is 15.3. The van der Waals surface area contributed by atoms with Gasteiger partial charge in [0, 0.05) is 12.1 Å². The summed E-state index contributed by atoms with van der Waals surface area (Å²) in [5.41, 5.74) is -1.39. The first kappa shape index (κ1) is 16.4. The number of aliphatic hydroxyl groups is 1. The summed E-state index contributed by atoms with van der Waals surface area (Å²) in [6.07, 6.45) is -7.46. The van der Waals surface area contributed by atoms with Crippen molar-refractivity contribution >= 4 is 5.91 Å². The van der Waals surface area contributed by atoms with Gasteiger partial charge in [-0.1, -0.05) is 6.07 Å². The van der Waals surface area contributed by atoms with E-state index in [1.807, 2.05) is 0 Å². The van der Waals surface area contributed by atoms with Gasteiger partial charge in [0.05, 0.1) is 18.7 Å². The summed E-state index contributed by atoms with van der Waals surface area (Å²) in [6, 6.07) is 3.50. The molecule has 0 bridgehead atoms. The van der Waals surface area contributed by atoms with E-state index in [-0.39, 0.29) is 12.1 Å². The number of alkyl halides is 5. The quantitative estimate of drug-likeness (QED) is 0.848. The van der Waals surface area contributed by atoms with Crippen LogP contribution in [0, 0.1) is 0 Å². The number of carbonyl (C=O) groups is 1. The van der Waals surface area contributed by atoms with Gasteiger partial charge in [0.1, 0.15) is 0 Å². The lowest BCUT2D eigenvalue weighted by molar-refractivity contribution is -0.137. The highest BCUT2D eigenvalue weighted by Gasteiger charge is 2.31. The molecule has 1 amide bonds. The number of hydrogen-bond donors (Lipinski definition) is 1. The molecule has 1 N–H and O–H groups in total. The standard InChI is InChI=1S/C12H12F5NO2/c13-10(14)7-18(4-5-19)11(20)8-2-1-3-9(6-8)12(15,16)17/h1-3,6,10,19H,4-5,7H2. The minimum absolute atomic E-state index is 0.353. The van der Waals surface area contributed by atoms with Crippen molar-refractivity contribution in [3.05, 3.63) is 35.4 Å². The van der Waals surface area contributed by atoms with E-state index in [1.165, 1.54) is 0 Å². The molecule has 0 spiro atoms. The minimum Gasteiger partial charge on any atom is -0.395 e. The van der Waals surface area contributed by atoms with E-state index >= 15 is 0 Å². The van der Waals surface area contributed by atoms with Gasteiger partial charge in [-0.2, -0.15) is 13.2 Å². The molecule has 0 heterocycles. The molecule has 3 nitrogen and oxygen atoms in total. The van der Waals surface area contributed by atoms with Gasteiger partial charge >= 0.3 is 6.18 Å². The Balaban J connectivity index is 3.00. The van der Waals surface area contributed by atoms with Crippen molar-refractivity contribution in [2.45, 2.75) is 12.6 Å². The van der Waals surface area contributed by atoms with Crippen LogP contribution in [-0.2, 0) is 6.18 Å². The van der Waals surface area contributed by atoms with E-state index in [9.17, 15) is 26.7 Å². The Hall–Kier alpha value is -1.70. The van der Waals surface area contributed by atoms with E-state index in [0.29, 0.717) is 11.0 Å². The van der Waals surface area contributed by atoms with Crippen LogP contribution < -0.4 is 0 Å².